The monoisotopic (exact) mass is 506 g/mol. The molecular formula is C23H22ClF3N6O2. The molecule has 0 bridgehead atoms. The van der Waals surface area contributed by atoms with Crippen LogP contribution in [-0.4, -0.2) is 31.1 Å². The van der Waals surface area contributed by atoms with Crippen molar-refractivity contribution < 1.29 is 18.1 Å². The molecule has 4 rings (SSSR count). The van der Waals surface area contributed by atoms with E-state index in [4.69, 9.17) is 11.6 Å². The summed E-state index contributed by atoms with van der Waals surface area (Å²) in [5.41, 5.74) is 0.496. The molecule has 12 heteroatoms. The first-order valence-corrected chi connectivity index (χ1v) is 11.2. The Hall–Kier alpha value is -3.60. The van der Waals surface area contributed by atoms with E-state index in [-0.39, 0.29) is 11.9 Å². The highest BCUT2D eigenvalue weighted by atomic mass is 35.5. The number of nitrogens with one attached hydrogen (secondary N) is 1. The fourth-order valence-corrected chi connectivity index (χ4v) is 4.23. The van der Waals surface area contributed by atoms with Crippen LogP contribution in [0.5, 0.6) is 0 Å². The third-order valence-electron chi connectivity index (χ3n) is 5.79. The highest BCUT2D eigenvalue weighted by Gasteiger charge is 2.34. The highest BCUT2D eigenvalue weighted by molar-refractivity contribution is 6.30. The number of likely N-dealkylation sites (tertiary alicyclic amines) is 1. The second-order valence-electron chi connectivity index (χ2n) is 8.17. The molecule has 184 valence electrons. The summed E-state index contributed by atoms with van der Waals surface area (Å²) < 4.78 is 40.7. The first kappa shape index (κ1) is 24.5. The fourth-order valence-electron chi connectivity index (χ4n) is 4.10. The van der Waals surface area contributed by atoms with Crippen molar-refractivity contribution in [3.8, 4) is 0 Å². The summed E-state index contributed by atoms with van der Waals surface area (Å²) >= 11 is 5.99. The minimum absolute atomic E-state index is 0.163. The van der Waals surface area contributed by atoms with E-state index in [9.17, 15) is 23.3 Å². The van der Waals surface area contributed by atoms with E-state index in [2.05, 4.69) is 15.5 Å². The number of nitro groups is 1. The molecule has 1 fully saturated rings. The number of rotatable bonds is 7. The van der Waals surface area contributed by atoms with Gasteiger partial charge >= 0.3 is 6.18 Å². The second kappa shape index (κ2) is 9.95. The van der Waals surface area contributed by atoms with Crippen molar-refractivity contribution >= 4 is 17.3 Å². The van der Waals surface area contributed by atoms with Gasteiger partial charge in [-0.05, 0) is 61.7 Å². The van der Waals surface area contributed by atoms with Crippen molar-refractivity contribution in [2.45, 2.75) is 38.5 Å². The van der Waals surface area contributed by atoms with E-state index in [0.29, 0.717) is 41.9 Å². The number of hydrogen-bond donors (Lipinski definition) is 1. The molecular weight excluding hydrogens is 485 g/mol. The van der Waals surface area contributed by atoms with Crippen LogP contribution in [0.15, 0.2) is 60.6 Å². The molecule has 3 aromatic rings. The molecule has 0 aliphatic carbocycles. The lowest BCUT2D eigenvalue weighted by atomic mass is 10.1. The number of anilines is 1. The standard InChI is InChI=1S/C23H22ClF3N6O2/c1-15-29-30-22(32(15)13-16-4-8-18(24)9-5-16)20-3-2-12-31(20)21(14-33(34)35)28-19-10-6-17(7-11-19)23(25,26)27/h4-11,14,20,28H,2-3,12-13H2,1H3/b21-14+/t20-/m1/s1. The number of aryl methyl sites for hydroxylation is 1. The second-order valence-corrected chi connectivity index (χ2v) is 8.61. The Balaban J connectivity index is 1.62. The van der Waals surface area contributed by atoms with E-state index in [1.165, 1.54) is 12.1 Å². The van der Waals surface area contributed by atoms with E-state index in [0.717, 1.165) is 30.3 Å². The molecule has 1 atom stereocenters. The third-order valence-corrected chi connectivity index (χ3v) is 6.04. The molecule has 1 aliphatic heterocycles. The lowest BCUT2D eigenvalue weighted by molar-refractivity contribution is -0.404. The van der Waals surface area contributed by atoms with Crippen molar-refractivity contribution in [2.75, 3.05) is 11.9 Å². The molecule has 1 aliphatic rings. The maximum absolute atomic E-state index is 12.9. The molecule has 0 saturated carbocycles. The van der Waals surface area contributed by atoms with Crippen LogP contribution in [0.1, 0.15) is 41.7 Å². The van der Waals surface area contributed by atoms with Gasteiger partial charge in [0.1, 0.15) is 5.82 Å². The summed E-state index contributed by atoms with van der Waals surface area (Å²) in [5, 5.41) is 23.5. The average Bonchev–Trinajstić information content (AvgIpc) is 3.41. The number of halogens is 4. The molecule has 0 amide bonds. The first-order valence-electron chi connectivity index (χ1n) is 10.8. The lowest BCUT2D eigenvalue weighted by Crippen LogP contribution is -2.29. The largest absolute Gasteiger partial charge is 0.416 e. The van der Waals surface area contributed by atoms with Gasteiger partial charge in [0.25, 0.3) is 6.20 Å². The minimum Gasteiger partial charge on any atom is -0.343 e. The molecule has 2 aromatic carbocycles. The van der Waals surface area contributed by atoms with Crippen LogP contribution in [0.4, 0.5) is 18.9 Å². The Morgan fingerprint density at radius 2 is 1.89 bits per heavy atom. The zero-order valence-corrected chi connectivity index (χ0v) is 19.4. The predicted octanol–water partition coefficient (Wildman–Crippen LogP) is 5.63. The topological polar surface area (TPSA) is 89.1 Å². The molecule has 1 saturated heterocycles. The lowest BCUT2D eigenvalue weighted by Gasteiger charge is -2.28. The Labute approximate surface area is 204 Å². The van der Waals surface area contributed by atoms with Gasteiger partial charge in [-0.15, -0.1) is 10.2 Å². The van der Waals surface area contributed by atoms with Gasteiger partial charge in [0.15, 0.2) is 11.6 Å². The molecule has 35 heavy (non-hydrogen) atoms. The minimum atomic E-state index is -4.47. The maximum Gasteiger partial charge on any atom is 0.416 e. The van der Waals surface area contributed by atoms with Crippen molar-refractivity contribution in [1.82, 2.24) is 19.7 Å². The average molecular weight is 507 g/mol. The molecule has 8 nitrogen and oxygen atoms in total. The van der Waals surface area contributed by atoms with Crippen molar-refractivity contribution in [3.05, 3.63) is 98.5 Å². The van der Waals surface area contributed by atoms with Crippen molar-refractivity contribution in [1.29, 1.82) is 0 Å². The molecule has 2 heterocycles. The van der Waals surface area contributed by atoms with Gasteiger partial charge in [-0.1, -0.05) is 23.7 Å². The molecule has 0 unspecified atom stereocenters. The number of alkyl halides is 3. The van der Waals surface area contributed by atoms with Gasteiger partial charge in [0.05, 0.1) is 23.1 Å². The van der Waals surface area contributed by atoms with E-state index < -0.39 is 16.7 Å². The molecule has 1 N–H and O–H groups in total. The summed E-state index contributed by atoms with van der Waals surface area (Å²) in [6, 6.07) is 11.4. The van der Waals surface area contributed by atoms with Crippen LogP contribution in [0.2, 0.25) is 5.02 Å². The van der Waals surface area contributed by atoms with E-state index in [1.807, 2.05) is 28.5 Å². The zero-order chi connectivity index (χ0) is 25.2. The van der Waals surface area contributed by atoms with Gasteiger partial charge in [0, 0.05) is 17.3 Å². The summed E-state index contributed by atoms with van der Waals surface area (Å²) in [6.07, 6.45) is -2.21. The first-order chi connectivity index (χ1) is 16.6. The number of nitrogens with zero attached hydrogens (tertiary/aromatic N) is 5. The van der Waals surface area contributed by atoms with Crippen LogP contribution in [0.3, 0.4) is 0 Å². The van der Waals surface area contributed by atoms with Crippen LogP contribution in [-0.2, 0) is 12.7 Å². The summed E-state index contributed by atoms with van der Waals surface area (Å²) in [6.45, 7) is 2.83. The van der Waals surface area contributed by atoms with Crippen LogP contribution < -0.4 is 5.32 Å². The highest BCUT2D eigenvalue weighted by Crippen LogP contribution is 2.36. The van der Waals surface area contributed by atoms with Crippen molar-refractivity contribution in [2.24, 2.45) is 0 Å². The number of aromatic nitrogens is 3. The SMILES string of the molecule is Cc1nnc([C@H]2CCCN2/C(=C/[N+](=O)[O-])Nc2ccc(C(F)(F)F)cc2)n1Cc1ccc(Cl)cc1. The zero-order valence-electron chi connectivity index (χ0n) is 18.7. The van der Waals surface area contributed by atoms with Crippen LogP contribution >= 0.6 is 11.6 Å². The summed E-state index contributed by atoms with van der Waals surface area (Å²) in [4.78, 5) is 12.6. The van der Waals surface area contributed by atoms with E-state index in [1.54, 1.807) is 12.1 Å². The Bertz CT molecular complexity index is 1230. The van der Waals surface area contributed by atoms with E-state index >= 15 is 0 Å². The van der Waals surface area contributed by atoms with Crippen LogP contribution in [0, 0.1) is 17.0 Å². The van der Waals surface area contributed by atoms with Crippen molar-refractivity contribution in [3.63, 3.8) is 0 Å². The van der Waals surface area contributed by atoms with Crippen LogP contribution in [0.25, 0.3) is 0 Å². The summed E-state index contributed by atoms with van der Waals surface area (Å²) in [5.74, 6) is 1.51. The number of hydrogen-bond acceptors (Lipinski definition) is 6. The quantitative estimate of drug-likeness (QED) is 0.330. The Morgan fingerprint density at radius 1 is 1.20 bits per heavy atom. The third kappa shape index (κ3) is 5.73. The Morgan fingerprint density at radius 3 is 2.51 bits per heavy atom. The molecule has 0 radical (unpaired) electrons. The summed E-state index contributed by atoms with van der Waals surface area (Å²) in [7, 11) is 0. The van der Waals surface area contributed by atoms with Gasteiger partial charge in [-0.3, -0.25) is 10.1 Å². The molecule has 1 aromatic heterocycles. The van der Waals surface area contributed by atoms with Gasteiger partial charge in [-0.25, -0.2) is 0 Å². The maximum atomic E-state index is 12.9. The van der Waals surface area contributed by atoms with Gasteiger partial charge in [-0.2, -0.15) is 13.2 Å². The van der Waals surface area contributed by atoms with Gasteiger partial charge < -0.3 is 14.8 Å². The smallest absolute Gasteiger partial charge is 0.343 e. The number of benzene rings is 2. The fraction of sp³-hybridized carbons (Fsp3) is 0.304. The normalized spacial score (nSPS) is 16.5. The van der Waals surface area contributed by atoms with Gasteiger partial charge in [0.2, 0.25) is 0 Å². The molecule has 0 spiro atoms. The Kier molecular flexibility index (Phi) is 6.97. The predicted molar refractivity (Wildman–Crippen MR) is 124 cm³/mol.